The minimum atomic E-state index is -0.467. The lowest BCUT2D eigenvalue weighted by molar-refractivity contribution is -0.128. The molecule has 3 amide bonds. The van der Waals surface area contributed by atoms with E-state index in [1.165, 1.54) is 6.20 Å². The smallest absolute Gasteiger partial charge is 0.255 e. The molecular formula is C18H25N5O3. The summed E-state index contributed by atoms with van der Waals surface area (Å²) in [6.07, 6.45) is 4.99. The molecule has 0 atom stereocenters. The van der Waals surface area contributed by atoms with Crippen molar-refractivity contribution in [3.8, 4) is 0 Å². The molecule has 0 saturated carbocycles. The largest absolute Gasteiger partial charge is 0.368 e. The van der Waals surface area contributed by atoms with Gasteiger partial charge in [-0.05, 0) is 37.3 Å². The normalized spacial score (nSPS) is 18.2. The summed E-state index contributed by atoms with van der Waals surface area (Å²) in [5, 5.41) is 2.79. The Morgan fingerprint density at radius 1 is 1.23 bits per heavy atom. The van der Waals surface area contributed by atoms with Crippen LogP contribution in [0, 0.1) is 5.92 Å². The van der Waals surface area contributed by atoms with E-state index in [9.17, 15) is 14.4 Å². The molecule has 2 aliphatic heterocycles. The monoisotopic (exact) mass is 359 g/mol. The molecule has 2 aliphatic rings. The Hall–Kier alpha value is -2.64. The number of likely N-dealkylation sites (tertiary alicyclic amines) is 2. The number of amides is 3. The van der Waals surface area contributed by atoms with Crippen LogP contribution in [0.25, 0.3) is 0 Å². The van der Waals surface area contributed by atoms with Crippen LogP contribution in [0.3, 0.4) is 0 Å². The van der Waals surface area contributed by atoms with Gasteiger partial charge in [0.15, 0.2) is 0 Å². The highest BCUT2D eigenvalue weighted by Crippen LogP contribution is 2.22. The fourth-order valence-electron chi connectivity index (χ4n) is 3.51. The minimum Gasteiger partial charge on any atom is -0.368 e. The zero-order chi connectivity index (χ0) is 18.5. The van der Waals surface area contributed by atoms with Crippen LogP contribution >= 0.6 is 0 Å². The predicted molar refractivity (Wildman–Crippen MR) is 96.4 cm³/mol. The lowest BCUT2D eigenvalue weighted by atomic mass is 9.96. The molecule has 2 saturated heterocycles. The molecule has 0 radical (unpaired) electrons. The number of nitrogens with zero attached hydrogens (tertiary/aromatic N) is 3. The summed E-state index contributed by atoms with van der Waals surface area (Å²) in [4.78, 5) is 43.1. The first-order valence-corrected chi connectivity index (χ1v) is 9.08. The molecule has 0 aliphatic carbocycles. The highest BCUT2D eigenvalue weighted by Gasteiger charge is 2.28. The van der Waals surface area contributed by atoms with Gasteiger partial charge in [-0.2, -0.15) is 0 Å². The summed E-state index contributed by atoms with van der Waals surface area (Å²) in [6.45, 7) is 3.11. The zero-order valence-electron chi connectivity index (χ0n) is 14.8. The van der Waals surface area contributed by atoms with Gasteiger partial charge < -0.3 is 20.9 Å². The summed E-state index contributed by atoms with van der Waals surface area (Å²) in [6, 6.07) is 3.37. The fourth-order valence-corrected chi connectivity index (χ4v) is 3.51. The van der Waals surface area contributed by atoms with Crippen molar-refractivity contribution in [1.29, 1.82) is 0 Å². The van der Waals surface area contributed by atoms with Crippen molar-refractivity contribution in [2.75, 3.05) is 38.0 Å². The van der Waals surface area contributed by atoms with Crippen molar-refractivity contribution in [1.82, 2.24) is 14.8 Å². The maximum Gasteiger partial charge on any atom is 0.255 e. The molecule has 140 valence electrons. The number of nitrogens with one attached hydrogen (secondary N) is 1. The van der Waals surface area contributed by atoms with Gasteiger partial charge in [-0.3, -0.25) is 14.4 Å². The van der Waals surface area contributed by atoms with E-state index >= 15 is 0 Å². The second-order valence-corrected chi connectivity index (χ2v) is 6.93. The second kappa shape index (κ2) is 8.16. The van der Waals surface area contributed by atoms with Gasteiger partial charge >= 0.3 is 0 Å². The number of nitrogens with two attached hydrogens (primary N) is 1. The maximum atomic E-state index is 12.6. The Morgan fingerprint density at radius 2 is 2.00 bits per heavy atom. The number of aromatic nitrogens is 1. The van der Waals surface area contributed by atoms with Crippen molar-refractivity contribution in [3.05, 3.63) is 23.9 Å². The Balaban J connectivity index is 1.48. The molecule has 3 rings (SSSR count). The van der Waals surface area contributed by atoms with E-state index < -0.39 is 5.91 Å². The Morgan fingerprint density at radius 3 is 2.58 bits per heavy atom. The van der Waals surface area contributed by atoms with Crippen molar-refractivity contribution in [3.63, 3.8) is 0 Å². The SMILES string of the molecule is NC(=O)CNc1ccc(C(=O)N2CCC(CN3CCCC3=O)CC2)cn1. The van der Waals surface area contributed by atoms with Gasteiger partial charge in [0.05, 0.1) is 12.1 Å². The molecule has 26 heavy (non-hydrogen) atoms. The molecule has 0 bridgehead atoms. The molecular weight excluding hydrogens is 334 g/mol. The molecule has 2 fully saturated rings. The first-order chi connectivity index (χ1) is 12.5. The van der Waals surface area contributed by atoms with Crippen molar-refractivity contribution >= 4 is 23.5 Å². The van der Waals surface area contributed by atoms with Crippen molar-refractivity contribution < 1.29 is 14.4 Å². The van der Waals surface area contributed by atoms with Gasteiger partial charge in [-0.15, -0.1) is 0 Å². The van der Waals surface area contributed by atoms with Crippen LogP contribution < -0.4 is 11.1 Å². The van der Waals surface area contributed by atoms with E-state index in [-0.39, 0.29) is 18.4 Å². The molecule has 1 aromatic heterocycles. The number of piperidine rings is 1. The standard InChI is InChI=1S/C18H25N5O3/c19-15(24)11-21-16-4-3-14(10-20-16)18(26)22-8-5-13(6-9-22)12-23-7-1-2-17(23)25/h3-4,10,13H,1-2,5-9,11-12H2,(H2,19,24)(H,20,21). The number of carbonyl (C=O) groups is 3. The number of anilines is 1. The van der Waals surface area contributed by atoms with Crippen molar-refractivity contribution in [2.45, 2.75) is 25.7 Å². The van der Waals surface area contributed by atoms with Gasteiger partial charge in [0.25, 0.3) is 5.91 Å². The van der Waals surface area contributed by atoms with E-state index in [1.807, 2.05) is 9.80 Å². The van der Waals surface area contributed by atoms with Crippen LogP contribution in [0.5, 0.6) is 0 Å². The van der Waals surface area contributed by atoms with Crippen LogP contribution in [0.2, 0.25) is 0 Å². The first kappa shape index (κ1) is 18.2. The van der Waals surface area contributed by atoms with E-state index in [2.05, 4.69) is 10.3 Å². The topological polar surface area (TPSA) is 109 Å². The van der Waals surface area contributed by atoms with E-state index in [0.29, 0.717) is 36.8 Å². The first-order valence-electron chi connectivity index (χ1n) is 9.08. The summed E-state index contributed by atoms with van der Waals surface area (Å²) >= 11 is 0. The second-order valence-electron chi connectivity index (χ2n) is 6.93. The maximum absolute atomic E-state index is 12.6. The van der Waals surface area contributed by atoms with Crippen LogP contribution in [0.15, 0.2) is 18.3 Å². The number of primary amides is 1. The van der Waals surface area contributed by atoms with Crippen molar-refractivity contribution in [2.24, 2.45) is 11.7 Å². The third-order valence-corrected chi connectivity index (χ3v) is 5.01. The van der Waals surface area contributed by atoms with Crippen LogP contribution in [0.1, 0.15) is 36.0 Å². The lowest BCUT2D eigenvalue weighted by Crippen LogP contribution is -2.41. The highest BCUT2D eigenvalue weighted by atomic mass is 16.2. The lowest BCUT2D eigenvalue weighted by Gasteiger charge is -2.33. The molecule has 0 aromatic carbocycles. The molecule has 3 heterocycles. The number of pyridine rings is 1. The minimum absolute atomic E-state index is 0.00727. The Bertz CT molecular complexity index is 668. The Kier molecular flexibility index (Phi) is 5.70. The molecule has 3 N–H and O–H groups in total. The van der Waals surface area contributed by atoms with Gasteiger partial charge in [0.1, 0.15) is 5.82 Å². The molecule has 0 spiro atoms. The number of hydrogen-bond acceptors (Lipinski definition) is 5. The third-order valence-electron chi connectivity index (χ3n) is 5.01. The average molecular weight is 359 g/mol. The predicted octanol–water partition coefficient (Wildman–Crippen LogP) is 0.453. The van der Waals surface area contributed by atoms with Gasteiger partial charge in [0, 0.05) is 38.8 Å². The van der Waals surface area contributed by atoms with Gasteiger partial charge in [-0.25, -0.2) is 4.98 Å². The molecule has 0 unspecified atom stereocenters. The number of hydrogen-bond donors (Lipinski definition) is 2. The summed E-state index contributed by atoms with van der Waals surface area (Å²) in [5.74, 6) is 0.744. The number of rotatable bonds is 6. The molecule has 8 heteroatoms. The molecule has 8 nitrogen and oxygen atoms in total. The molecule has 1 aromatic rings. The van der Waals surface area contributed by atoms with Crippen LogP contribution in [0.4, 0.5) is 5.82 Å². The summed E-state index contributed by atoms with van der Waals surface area (Å²) in [7, 11) is 0. The fraction of sp³-hybridized carbons (Fsp3) is 0.556. The zero-order valence-corrected chi connectivity index (χ0v) is 14.8. The summed E-state index contributed by atoms with van der Waals surface area (Å²) in [5.41, 5.74) is 5.60. The van der Waals surface area contributed by atoms with Gasteiger partial charge in [0.2, 0.25) is 11.8 Å². The van der Waals surface area contributed by atoms with E-state index in [4.69, 9.17) is 5.73 Å². The van der Waals surface area contributed by atoms with E-state index in [0.717, 1.165) is 32.4 Å². The highest BCUT2D eigenvalue weighted by molar-refractivity contribution is 5.94. The quantitative estimate of drug-likeness (QED) is 0.767. The summed E-state index contributed by atoms with van der Waals surface area (Å²) < 4.78 is 0. The van der Waals surface area contributed by atoms with Crippen LogP contribution in [-0.2, 0) is 9.59 Å². The van der Waals surface area contributed by atoms with Gasteiger partial charge in [-0.1, -0.05) is 0 Å². The van der Waals surface area contributed by atoms with E-state index in [1.54, 1.807) is 12.1 Å². The third kappa shape index (κ3) is 4.50. The number of carbonyl (C=O) groups excluding carboxylic acids is 3. The van der Waals surface area contributed by atoms with Crippen LogP contribution in [-0.4, -0.2) is 65.2 Å². The average Bonchev–Trinajstić information content (AvgIpc) is 3.05. The Labute approximate surface area is 152 Å².